The van der Waals surface area contributed by atoms with E-state index in [1.54, 1.807) is 18.3 Å². The van der Waals surface area contributed by atoms with E-state index in [1.807, 2.05) is 11.4 Å². The van der Waals surface area contributed by atoms with E-state index < -0.39 is 0 Å². The average Bonchev–Trinajstić information content (AvgIpc) is 2.59. The van der Waals surface area contributed by atoms with Gasteiger partial charge >= 0.3 is 5.97 Å². The van der Waals surface area contributed by atoms with Gasteiger partial charge in [-0.25, -0.2) is 0 Å². The molecule has 1 heterocycles. The van der Waals surface area contributed by atoms with E-state index in [2.05, 4.69) is 26.0 Å². The smallest absolute Gasteiger partial charge is 0.322 e. The van der Waals surface area contributed by atoms with Crippen LogP contribution in [0.5, 0.6) is 0 Å². The zero-order chi connectivity index (χ0) is 10.6. The van der Waals surface area contributed by atoms with Gasteiger partial charge in [0.25, 0.3) is 0 Å². The third-order valence-electron chi connectivity index (χ3n) is 1.81. The Morgan fingerprint density at radius 1 is 1.79 bits per heavy atom. The Morgan fingerprint density at radius 3 is 3.00 bits per heavy atom. The second-order valence-electron chi connectivity index (χ2n) is 2.82. The summed E-state index contributed by atoms with van der Waals surface area (Å²) in [5.41, 5.74) is 0. The maximum Gasteiger partial charge on any atom is 0.322 e. The highest BCUT2D eigenvalue weighted by Crippen LogP contribution is 2.22. The van der Waals surface area contributed by atoms with Crippen molar-refractivity contribution in [2.45, 2.75) is 19.5 Å². The third kappa shape index (κ3) is 3.08. The van der Waals surface area contributed by atoms with Crippen LogP contribution in [-0.4, -0.2) is 19.1 Å². The molecule has 0 radical (unpaired) electrons. The summed E-state index contributed by atoms with van der Waals surface area (Å²) in [6, 6.07) is 1.72. The first-order valence-corrected chi connectivity index (χ1v) is 5.85. The molecule has 78 valence electrons. The molecule has 3 nitrogen and oxygen atoms in total. The second-order valence-corrected chi connectivity index (χ2v) is 4.67. The van der Waals surface area contributed by atoms with Gasteiger partial charge in [-0.05, 0) is 34.3 Å². The lowest BCUT2D eigenvalue weighted by Gasteiger charge is -2.10. The van der Waals surface area contributed by atoms with E-state index in [9.17, 15) is 4.79 Å². The molecular weight excluding hydrogens is 266 g/mol. The molecule has 0 amide bonds. The lowest BCUT2D eigenvalue weighted by atomic mass is 10.3. The van der Waals surface area contributed by atoms with Gasteiger partial charge in [0.1, 0.15) is 6.04 Å². The van der Waals surface area contributed by atoms with Crippen LogP contribution in [0, 0.1) is 0 Å². The average molecular weight is 278 g/mol. The number of esters is 1. The number of thiophene rings is 1. The highest BCUT2D eigenvalue weighted by molar-refractivity contribution is 9.10. The SMILES string of the molecule is COC(=O)C(C)NCc1sccc1Br. The van der Waals surface area contributed by atoms with Crippen LogP contribution in [0.3, 0.4) is 0 Å². The zero-order valence-electron chi connectivity index (χ0n) is 8.04. The van der Waals surface area contributed by atoms with Crippen LogP contribution in [0.15, 0.2) is 15.9 Å². The van der Waals surface area contributed by atoms with Crippen LogP contribution in [0.25, 0.3) is 0 Å². The molecule has 1 rings (SSSR count). The normalized spacial score (nSPS) is 12.5. The quantitative estimate of drug-likeness (QED) is 0.858. The first kappa shape index (κ1) is 11.7. The number of methoxy groups -OCH3 is 1. The van der Waals surface area contributed by atoms with E-state index in [1.165, 1.54) is 12.0 Å². The van der Waals surface area contributed by atoms with E-state index in [-0.39, 0.29) is 12.0 Å². The Hall–Kier alpha value is -0.390. The Bertz CT molecular complexity index is 314. The number of carbonyl (C=O) groups excluding carboxylic acids is 1. The maximum atomic E-state index is 11.1. The summed E-state index contributed by atoms with van der Waals surface area (Å²) in [6.45, 7) is 2.46. The topological polar surface area (TPSA) is 38.3 Å². The molecule has 0 aliphatic carbocycles. The zero-order valence-corrected chi connectivity index (χ0v) is 10.4. The Balaban J connectivity index is 2.41. The van der Waals surface area contributed by atoms with E-state index in [0.717, 1.165) is 4.47 Å². The summed E-state index contributed by atoms with van der Waals surface area (Å²) in [5, 5.41) is 5.09. The molecule has 0 spiro atoms. The monoisotopic (exact) mass is 277 g/mol. The molecule has 0 bridgehead atoms. The molecule has 5 heteroatoms. The van der Waals surface area contributed by atoms with Crippen LogP contribution >= 0.6 is 27.3 Å². The second kappa shape index (κ2) is 5.48. The molecule has 1 atom stereocenters. The summed E-state index contributed by atoms with van der Waals surface area (Å²) >= 11 is 5.07. The van der Waals surface area contributed by atoms with Gasteiger partial charge in [0.15, 0.2) is 0 Å². The van der Waals surface area contributed by atoms with Crippen LogP contribution in [0.2, 0.25) is 0 Å². The van der Waals surface area contributed by atoms with Gasteiger partial charge in [0, 0.05) is 15.9 Å². The molecule has 0 fully saturated rings. The van der Waals surface area contributed by atoms with Crippen molar-refractivity contribution in [2.24, 2.45) is 0 Å². The fraction of sp³-hybridized carbons (Fsp3) is 0.444. The molecule has 0 saturated heterocycles. The highest BCUT2D eigenvalue weighted by atomic mass is 79.9. The molecule has 0 aliphatic heterocycles. The first-order valence-electron chi connectivity index (χ1n) is 4.18. The maximum absolute atomic E-state index is 11.1. The summed E-state index contributed by atoms with van der Waals surface area (Å²) < 4.78 is 5.68. The van der Waals surface area contributed by atoms with E-state index >= 15 is 0 Å². The summed E-state index contributed by atoms with van der Waals surface area (Å²) in [6.07, 6.45) is 0. The molecular formula is C9H12BrNO2S. The van der Waals surface area contributed by atoms with Gasteiger partial charge in [0.05, 0.1) is 7.11 Å². The van der Waals surface area contributed by atoms with Gasteiger partial charge in [-0.15, -0.1) is 11.3 Å². The van der Waals surface area contributed by atoms with Gasteiger partial charge in [-0.2, -0.15) is 0 Å². The van der Waals surface area contributed by atoms with E-state index in [4.69, 9.17) is 0 Å². The van der Waals surface area contributed by atoms with Crippen LogP contribution in [0.1, 0.15) is 11.8 Å². The number of nitrogens with one attached hydrogen (secondary N) is 1. The molecule has 1 N–H and O–H groups in total. The van der Waals surface area contributed by atoms with Gasteiger partial charge in [-0.1, -0.05) is 0 Å². The largest absolute Gasteiger partial charge is 0.468 e. The molecule has 1 aromatic rings. The van der Waals surface area contributed by atoms with Crippen LogP contribution in [0.4, 0.5) is 0 Å². The van der Waals surface area contributed by atoms with Crippen molar-refractivity contribution in [1.82, 2.24) is 5.32 Å². The van der Waals surface area contributed by atoms with Crippen molar-refractivity contribution in [1.29, 1.82) is 0 Å². The summed E-state index contributed by atoms with van der Waals surface area (Å²) in [4.78, 5) is 12.2. The molecule has 0 aliphatic rings. The standard InChI is InChI=1S/C9H12BrNO2S/c1-6(9(12)13-2)11-5-8-7(10)3-4-14-8/h3-4,6,11H,5H2,1-2H3. The van der Waals surface area contributed by atoms with Crippen molar-refractivity contribution < 1.29 is 9.53 Å². The number of halogens is 1. The van der Waals surface area contributed by atoms with Crippen LogP contribution in [-0.2, 0) is 16.1 Å². The minimum atomic E-state index is -0.269. The van der Waals surface area contributed by atoms with Crippen molar-refractivity contribution in [3.8, 4) is 0 Å². The number of hydrogen-bond acceptors (Lipinski definition) is 4. The number of carbonyl (C=O) groups is 1. The number of rotatable bonds is 4. The van der Waals surface area contributed by atoms with Crippen molar-refractivity contribution >= 4 is 33.2 Å². The van der Waals surface area contributed by atoms with Gasteiger partial charge in [-0.3, -0.25) is 10.1 Å². The highest BCUT2D eigenvalue weighted by Gasteiger charge is 2.12. The Kier molecular flexibility index (Phi) is 4.57. The summed E-state index contributed by atoms with van der Waals surface area (Å²) in [5.74, 6) is -0.238. The van der Waals surface area contributed by atoms with E-state index in [0.29, 0.717) is 6.54 Å². The van der Waals surface area contributed by atoms with Gasteiger partial charge in [0.2, 0.25) is 0 Å². The Labute approximate surface area is 95.6 Å². The molecule has 1 aromatic heterocycles. The van der Waals surface area contributed by atoms with Crippen LogP contribution < -0.4 is 5.32 Å². The fourth-order valence-corrected chi connectivity index (χ4v) is 2.40. The van der Waals surface area contributed by atoms with Gasteiger partial charge < -0.3 is 4.74 Å². The fourth-order valence-electron chi connectivity index (χ4n) is 0.957. The molecule has 14 heavy (non-hydrogen) atoms. The number of ether oxygens (including phenoxy) is 1. The molecule has 0 saturated carbocycles. The first-order chi connectivity index (χ1) is 6.65. The summed E-state index contributed by atoms with van der Waals surface area (Å²) in [7, 11) is 1.39. The lowest BCUT2D eigenvalue weighted by molar-refractivity contribution is -0.142. The van der Waals surface area contributed by atoms with Crippen molar-refractivity contribution in [2.75, 3.05) is 7.11 Å². The molecule has 0 aromatic carbocycles. The molecule has 1 unspecified atom stereocenters. The lowest BCUT2D eigenvalue weighted by Crippen LogP contribution is -2.34. The minimum absolute atomic E-state index is 0.238. The Morgan fingerprint density at radius 2 is 2.50 bits per heavy atom. The number of hydrogen-bond donors (Lipinski definition) is 1. The van der Waals surface area contributed by atoms with Crippen molar-refractivity contribution in [3.63, 3.8) is 0 Å². The third-order valence-corrected chi connectivity index (χ3v) is 3.74. The minimum Gasteiger partial charge on any atom is -0.468 e. The predicted octanol–water partition coefficient (Wildman–Crippen LogP) is 2.16. The van der Waals surface area contributed by atoms with Crippen molar-refractivity contribution in [3.05, 3.63) is 20.8 Å². The predicted molar refractivity (Wildman–Crippen MR) is 60.3 cm³/mol.